The molecule has 6 heteroatoms. The molecule has 0 aliphatic carbocycles. The Bertz CT molecular complexity index is 539. The highest BCUT2D eigenvalue weighted by Crippen LogP contribution is 2.26. The second-order valence-corrected chi connectivity index (χ2v) is 7.79. The van der Waals surface area contributed by atoms with Crippen molar-refractivity contribution in [1.29, 1.82) is 0 Å². The standard InChI is InChI=1S/C17H27BClNO3/c1-16(2,21)17(3,4)23-18(22)14-11-13(7-8-15(14)19)12-20-9-5-6-10-20/h7-8,11,21-22H,5-6,9-10,12H2,1-4H3. The van der Waals surface area contributed by atoms with Crippen molar-refractivity contribution < 1.29 is 14.8 Å². The van der Waals surface area contributed by atoms with Crippen molar-refractivity contribution in [1.82, 2.24) is 4.90 Å². The van der Waals surface area contributed by atoms with E-state index in [1.165, 1.54) is 12.8 Å². The number of rotatable bonds is 6. The largest absolute Gasteiger partial charge is 0.493 e. The van der Waals surface area contributed by atoms with E-state index in [-0.39, 0.29) is 0 Å². The Morgan fingerprint density at radius 1 is 1.22 bits per heavy atom. The number of hydrogen-bond acceptors (Lipinski definition) is 4. The first-order chi connectivity index (χ1) is 10.6. The first-order valence-electron chi connectivity index (χ1n) is 8.19. The number of aliphatic hydroxyl groups is 1. The first-order valence-corrected chi connectivity index (χ1v) is 8.57. The highest BCUT2D eigenvalue weighted by molar-refractivity contribution is 6.64. The smallest absolute Gasteiger partial charge is 0.423 e. The lowest BCUT2D eigenvalue weighted by Crippen LogP contribution is -2.53. The van der Waals surface area contributed by atoms with Crippen LogP contribution >= 0.6 is 11.6 Å². The summed E-state index contributed by atoms with van der Waals surface area (Å²) in [5.41, 5.74) is -0.357. The summed E-state index contributed by atoms with van der Waals surface area (Å²) in [6.45, 7) is 9.89. The van der Waals surface area contributed by atoms with E-state index in [0.29, 0.717) is 10.5 Å². The van der Waals surface area contributed by atoms with Crippen LogP contribution in [0.15, 0.2) is 18.2 Å². The summed E-state index contributed by atoms with van der Waals surface area (Å²) in [5.74, 6) is 0. The Labute approximate surface area is 144 Å². The molecule has 23 heavy (non-hydrogen) atoms. The summed E-state index contributed by atoms with van der Waals surface area (Å²) < 4.78 is 5.70. The summed E-state index contributed by atoms with van der Waals surface area (Å²) in [5, 5.41) is 21.1. The lowest BCUT2D eigenvalue weighted by atomic mass is 9.76. The van der Waals surface area contributed by atoms with Gasteiger partial charge in [0.15, 0.2) is 0 Å². The monoisotopic (exact) mass is 339 g/mol. The van der Waals surface area contributed by atoms with Crippen LogP contribution in [-0.2, 0) is 11.2 Å². The van der Waals surface area contributed by atoms with Gasteiger partial charge in [-0.05, 0) is 65.3 Å². The number of benzene rings is 1. The van der Waals surface area contributed by atoms with Crippen LogP contribution in [-0.4, -0.2) is 46.4 Å². The Morgan fingerprint density at radius 2 is 1.83 bits per heavy atom. The highest BCUT2D eigenvalue weighted by atomic mass is 35.5. The van der Waals surface area contributed by atoms with Crippen molar-refractivity contribution in [3.8, 4) is 0 Å². The van der Waals surface area contributed by atoms with Gasteiger partial charge in [-0.15, -0.1) is 0 Å². The van der Waals surface area contributed by atoms with Crippen LogP contribution in [0.2, 0.25) is 5.02 Å². The van der Waals surface area contributed by atoms with Gasteiger partial charge in [-0.1, -0.05) is 23.7 Å². The molecule has 1 fully saturated rings. The molecule has 4 nitrogen and oxygen atoms in total. The average Bonchev–Trinajstić information content (AvgIpc) is 2.92. The van der Waals surface area contributed by atoms with Crippen molar-refractivity contribution in [3.05, 3.63) is 28.8 Å². The fourth-order valence-electron chi connectivity index (χ4n) is 2.57. The molecule has 0 amide bonds. The molecule has 0 radical (unpaired) electrons. The molecule has 0 saturated carbocycles. The second-order valence-electron chi connectivity index (χ2n) is 7.38. The van der Waals surface area contributed by atoms with Crippen LogP contribution in [0, 0.1) is 0 Å². The molecule has 2 rings (SSSR count). The van der Waals surface area contributed by atoms with Crippen LogP contribution in [0.3, 0.4) is 0 Å². The minimum absolute atomic E-state index is 0.467. The van der Waals surface area contributed by atoms with E-state index in [9.17, 15) is 10.1 Å². The summed E-state index contributed by atoms with van der Waals surface area (Å²) in [6.07, 6.45) is 2.48. The minimum Gasteiger partial charge on any atom is -0.423 e. The van der Waals surface area contributed by atoms with Gasteiger partial charge in [-0.3, -0.25) is 4.90 Å². The van der Waals surface area contributed by atoms with Gasteiger partial charge in [0, 0.05) is 17.0 Å². The maximum atomic E-state index is 10.5. The molecule has 1 aromatic rings. The third-order valence-electron chi connectivity index (χ3n) is 4.81. The van der Waals surface area contributed by atoms with E-state index in [1.807, 2.05) is 12.1 Å². The molecule has 0 unspecified atom stereocenters. The maximum Gasteiger partial charge on any atom is 0.493 e. The van der Waals surface area contributed by atoms with Gasteiger partial charge >= 0.3 is 7.12 Å². The molecular formula is C17H27BClNO3. The summed E-state index contributed by atoms with van der Waals surface area (Å²) >= 11 is 6.23. The number of hydrogen-bond donors (Lipinski definition) is 2. The van der Waals surface area contributed by atoms with Gasteiger partial charge in [0.2, 0.25) is 0 Å². The van der Waals surface area contributed by atoms with Crippen LogP contribution in [0.1, 0.15) is 46.1 Å². The van der Waals surface area contributed by atoms with Gasteiger partial charge in [0.05, 0.1) is 11.2 Å². The fraction of sp³-hybridized carbons (Fsp3) is 0.647. The Hall–Kier alpha value is -0.585. The van der Waals surface area contributed by atoms with E-state index in [4.69, 9.17) is 16.3 Å². The van der Waals surface area contributed by atoms with Crippen LogP contribution in [0.5, 0.6) is 0 Å². The van der Waals surface area contributed by atoms with Crippen molar-refractivity contribution in [2.45, 2.75) is 58.3 Å². The van der Waals surface area contributed by atoms with Crippen molar-refractivity contribution in [3.63, 3.8) is 0 Å². The zero-order valence-electron chi connectivity index (χ0n) is 14.5. The molecule has 1 aromatic carbocycles. The molecule has 2 N–H and O–H groups in total. The number of likely N-dealkylation sites (tertiary alicyclic amines) is 1. The maximum absolute atomic E-state index is 10.5. The second kappa shape index (κ2) is 7.12. The van der Waals surface area contributed by atoms with Crippen molar-refractivity contribution in [2.75, 3.05) is 13.1 Å². The molecule has 1 saturated heterocycles. The summed E-state index contributed by atoms with van der Waals surface area (Å²) in [6, 6.07) is 5.68. The number of nitrogens with zero attached hydrogens (tertiary/aromatic N) is 1. The van der Waals surface area contributed by atoms with Crippen LogP contribution in [0.4, 0.5) is 0 Å². The molecule has 0 bridgehead atoms. The van der Waals surface area contributed by atoms with E-state index in [0.717, 1.165) is 25.2 Å². The highest BCUT2D eigenvalue weighted by Gasteiger charge is 2.40. The molecule has 0 atom stereocenters. The van der Waals surface area contributed by atoms with E-state index >= 15 is 0 Å². The summed E-state index contributed by atoms with van der Waals surface area (Å²) in [7, 11) is -1.18. The SMILES string of the molecule is CC(C)(O)C(C)(C)OB(O)c1cc(CN2CCCC2)ccc1Cl. The molecular weight excluding hydrogens is 312 g/mol. The average molecular weight is 340 g/mol. The van der Waals surface area contributed by atoms with E-state index in [1.54, 1.807) is 33.8 Å². The van der Waals surface area contributed by atoms with Crippen molar-refractivity contribution in [2.24, 2.45) is 0 Å². The molecule has 1 aliphatic rings. The quantitative estimate of drug-likeness (QED) is 0.780. The van der Waals surface area contributed by atoms with E-state index < -0.39 is 18.3 Å². The molecule has 128 valence electrons. The van der Waals surface area contributed by atoms with Gasteiger partial charge in [0.25, 0.3) is 0 Å². The van der Waals surface area contributed by atoms with Crippen molar-refractivity contribution >= 4 is 24.2 Å². The predicted octanol–water partition coefficient (Wildman–Crippen LogP) is 2.19. The van der Waals surface area contributed by atoms with Gasteiger partial charge in [0.1, 0.15) is 0 Å². The lowest BCUT2D eigenvalue weighted by molar-refractivity contribution is -0.0982. The van der Waals surface area contributed by atoms with E-state index in [2.05, 4.69) is 4.90 Å². The molecule has 0 aromatic heterocycles. The Morgan fingerprint density at radius 3 is 2.39 bits per heavy atom. The molecule has 1 aliphatic heterocycles. The normalized spacial score (nSPS) is 16.8. The fourth-order valence-corrected chi connectivity index (χ4v) is 2.78. The number of halogens is 1. The van der Waals surface area contributed by atoms with Crippen LogP contribution in [0.25, 0.3) is 0 Å². The molecule has 1 heterocycles. The third kappa shape index (κ3) is 4.71. The van der Waals surface area contributed by atoms with Crippen LogP contribution < -0.4 is 5.46 Å². The predicted molar refractivity (Wildman–Crippen MR) is 95.0 cm³/mol. The van der Waals surface area contributed by atoms with Gasteiger partial charge < -0.3 is 14.8 Å². The lowest BCUT2D eigenvalue weighted by Gasteiger charge is -2.38. The topological polar surface area (TPSA) is 52.9 Å². The zero-order valence-corrected chi connectivity index (χ0v) is 15.2. The summed E-state index contributed by atoms with van der Waals surface area (Å²) in [4.78, 5) is 2.39. The van der Waals surface area contributed by atoms with Gasteiger partial charge in [-0.2, -0.15) is 0 Å². The minimum atomic E-state index is -1.18. The van der Waals surface area contributed by atoms with Gasteiger partial charge in [-0.25, -0.2) is 0 Å². The first kappa shape index (κ1) is 18.7. The zero-order chi connectivity index (χ0) is 17.3. The Kier molecular flexibility index (Phi) is 5.80. The Balaban J connectivity index is 2.14. The molecule has 0 spiro atoms. The third-order valence-corrected chi connectivity index (χ3v) is 5.16.